The van der Waals surface area contributed by atoms with Gasteiger partial charge in [-0.2, -0.15) is 0 Å². The highest BCUT2D eigenvalue weighted by Crippen LogP contribution is 2.28. The molecule has 0 radical (unpaired) electrons. The Balaban J connectivity index is 2.30. The zero-order chi connectivity index (χ0) is 14.7. The largest absolute Gasteiger partial charge is 0.306 e. The van der Waals surface area contributed by atoms with Gasteiger partial charge in [0.25, 0.3) is 11.6 Å². The van der Waals surface area contributed by atoms with E-state index in [4.69, 9.17) is 11.6 Å². The molecule has 2 rings (SSSR count). The van der Waals surface area contributed by atoms with Crippen molar-refractivity contribution in [2.75, 3.05) is 5.32 Å². The topological polar surface area (TPSA) is 98.0 Å². The molecule has 0 spiro atoms. The fourth-order valence-electron chi connectivity index (χ4n) is 1.42. The molecule has 1 aromatic heterocycles. The number of rotatable bonds is 3. The minimum atomic E-state index is -0.581. The summed E-state index contributed by atoms with van der Waals surface area (Å²) in [6.45, 7) is 0. The first-order chi connectivity index (χ1) is 9.49. The predicted molar refractivity (Wildman–Crippen MR) is 75.8 cm³/mol. The maximum Gasteiger partial charge on any atom is 0.284 e. The summed E-state index contributed by atoms with van der Waals surface area (Å²) in [7, 11) is 0. The summed E-state index contributed by atoms with van der Waals surface area (Å²) in [5.41, 5.74) is -0.0766. The maximum absolute atomic E-state index is 12.1. The molecule has 0 aliphatic rings. The monoisotopic (exact) mass is 356 g/mol. The van der Waals surface area contributed by atoms with Crippen LogP contribution in [0.3, 0.4) is 0 Å². The molecule has 0 bridgehead atoms. The zero-order valence-corrected chi connectivity index (χ0v) is 12.1. The van der Waals surface area contributed by atoms with Gasteiger partial charge in [-0.05, 0) is 22.0 Å². The number of nitro benzene ring substituents is 1. The SMILES string of the molecule is O=C(Nc1cc(Cl)ncn1)c1cccc([N+](=O)[O-])c1Br. The molecule has 1 N–H and O–H groups in total. The number of halogens is 2. The van der Waals surface area contributed by atoms with Gasteiger partial charge in [-0.3, -0.25) is 14.9 Å². The molecule has 7 nitrogen and oxygen atoms in total. The fraction of sp³-hybridized carbons (Fsp3) is 0. The number of amides is 1. The van der Waals surface area contributed by atoms with Gasteiger partial charge in [-0.25, -0.2) is 9.97 Å². The van der Waals surface area contributed by atoms with Gasteiger partial charge in [-0.15, -0.1) is 0 Å². The number of hydrogen-bond donors (Lipinski definition) is 1. The van der Waals surface area contributed by atoms with Gasteiger partial charge in [0.05, 0.1) is 10.5 Å². The van der Waals surface area contributed by atoms with Crippen LogP contribution in [-0.4, -0.2) is 20.8 Å². The lowest BCUT2D eigenvalue weighted by molar-refractivity contribution is -0.385. The van der Waals surface area contributed by atoms with Gasteiger partial charge >= 0.3 is 0 Å². The Morgan fingerprint density at radius 1 is 1.40 bits per heavy atom. The Bertz CT molecular complexity index is 695. The molecule has 9 heteroatoms. The second-order valence-corrected chi connectivity index (χ2v) is 4.76. The molecule has 0 aliphatic heterocycles. The standard InChI is InChI=1S/C11H6BrClN4O3/c12-10-6(2-1-3-7(10)17(19)20)11(18)16-9-4-8(13)14-5-15-9/h1-5H,(H,14,15,16,18). The second kappa shape index (κ2) is 5.93. The van der Waals surface area contributed by atoms with E-state index >= 15 is 0 Å². The average Bonchev–Trinajstić information content (AvgIpc) is 2.38. The van der Waals surface area contributed by atoms with Crippen molar-refractivity contribution in [2.24, 2.45) is 0 Å². The summed E-state index contributed by atoms with van der Waals surface area (Å²) in [6, 6.07) is 5.53. The smallest absolute Gasteiger partial charge is 0.284 e. The van der Waals surface area contributed by atoms with Crippen molar-refractivity contribution < 1.29 is 9.72 Å². The molecule has 0 saturated carbocycles. The second-order valence-electron chi connectivity index (χ2n) is 3.58. The third-order valence-electron chi connectivity index (χ3n) is 2.29. The molecule has 0 saturated heterocycles. The summed E-state index contributed by atoms with van der Waals surface area (Å²) in [5, 5.41) is 13.5. The van der Waals surface area contributed by atoms with E-state index < -0.39 is 10.8 Å². The minimum absolute atomic E-state index is 0.0997. The number of aromatic nitrogens is 2. The lowest BCUT2D eigenvalue weighted by Crippen LogP contribution is -2.14. The van der Waals surface area contributed by atoms with Crippen LogP contribution < -0.4 is 5.32 Å². The minimum Gasteiger partial charge on any atom is -0.306 e. The van der Waals surface area contributed by atoms with E-state index in [1.54, 1.807) is 0 Å². The van der Waals surface area contributed by atoms with E-state index in [0.717, 1.165) is 0 Å². The van der Waals surface area contributed by atoms with Crippen LogP contribution in [-0.2, 0) is 0 Å². The number of nitrogens with zero attached hydrogens (tertiary/aromatic N) is 3. The van der Waals surface area contributed by atoms with Gasteiger partial charge in [0, 0.05) is 12.1 Å². The van der Waals surface area contributed by atoms with Crippen LogP contribution in [0, 0.1) is 10.1 Å². The molecule has 1 heterocycles. The van der Waals surface area contributed by atoms with Crippen LogP contribution in [0.5, 0.6) is 0 Å². The fourth-order valence-corrected chi connectivity index (χ4v) is 2.16. The maximum atomic E-state index is 12.1. The van der Waals surface area contributed by atoms with E-state index in [2.05, 4.69) is 31.2 Å². The average molecular weight is 358 g/mol. The molecular formula is C11H6BrClN4O3. The van der Waals surface area contributed by atoms with Crippen molar-refractivity contribution >= 4 is 44.9 Å². The Labute approximate surface area is 126 Å². The third kappa shape index (κ3) is 3.09. The van der Waals surface area contributed by atoms with Gasteiger partial charge in [-0.1, -0.05) is 17.7 Å². The first-order valence-electron chi connectivity index (χ1n) is 5.21. The molecule has 102 valence electrons. The van der Waals surface area contributed by atoms with Crippen LogP contribution in [0.1, 0.15) is 10.4 Å². The highest BCUT2D eigenvalue weighted by molar-refractivity contribution is 9.10. The predicted octanol–water partition coefficient (Wildman–Crippen LogP) is 3.05. The molecule has 1 amide bonds. The Hall–Kier alpha value is -2.06. The van der Waals surface area contributed by atoms with E-state index in [9.17, 15) is 14.9 Å². The Morgan fingerprint density at radius 3 is 2.80 bits per heavy atom. The van der Waals surface area contributed by atoms with Crippen molar-refractivity contribution in [1.82, 2.24) is 9.97 Å². The quantitative estimate of drug-likeness (QED) is 0.517. The molecule has 20 heavy (non-hydrogen) atoms. The number of carbonyl (C=O) groups is 1. The Kier molecular flexibility index (Phi) is 4.26. The summed E-state index contributed by atoms with van der Waals surface area (Å²) in [5.74, 6) is -0.344. The summed E-state index contributed by atoms with van der Waals surface area (Å²) < 4.78 is 0.0997. The van der Waals surface area contributed by atoms with Crippen molar-refractivity contribution in [3.63, 3.8) is 0 Å². The van der Waals surface area contributed by atoms with Crippen molar-refractivity contribution in [2.45, 2.75) is 0 Å². The number of anilines is 1. The van der Waals surface area contributed by atoms with E-state index in [1.807, 2.05) is 0 Å². The van der Waals surface area contributed by atoms with Crippen LogP contribution in [0.15, 0.2) is 35.1 Å². The number of hydrogen-bond acceptors (Lipinski definition) is 5. The number of nitrogens with one attached hydrogen (secondary N) is 1. The van der Waals surface area contributed by atoms with Gasteiger partial charge < -0.3 is 5.32 Å². The first-order valence-corrected chi connectivity index (χ1v) is 6.38. The van der Waals surface area contributed by atoms with Crippen molar-refractivity contribution in [3.05, 3.63) is 55.9 Å². The van der Waals surface area contributed by atoms with E-state index in [-0.39, 0.29) is 26.7 Å². The third-order valence-corrected chi connectivity index (χ3v) is 3.34. The van der Waals surface area contributed by atoms with E-state index in [1.165, 1.54) is 30.6 Å². The first kappa shape index (κ1) is 14.4. The highest BCUT2D eigenvalue weighted by Gasteiger charge is 2.19. The highest BCUT2D eigenvalue weighted by atomic mass is 79.9. The number of benzene rings is 1. The molecule has 0 fully saturated rings. The van der Waals surface area contributed by atoms with E-state index in [0.29, 0.717) is 0 Å². The summed E-state index contributed by atoms with van der Waals surface area (Å²) >= 11 is 8.72. The summed E-state index contributed by atoms with van der Waals surface area (Å²) in [6.07, 6.45) is 1.19. The number of carbonyl (C=O) groups excluding carboxylic acids is 1. The van der Waals surface area contributed by atoms with Gasteiger partial charge in [0.2, 0.25) is 0 Å². The molecule has 0 atom stereocenters. The molecule has 2 aromatic rings. The zero-order valence-electron chi connectivity index (χ0n) is 9.71. The normalized spacial score (nSPS) is 10.1. The van der Waals surface area contributed by atoms with Gasteiger partial charge in [0.1, 0.15) is 21.8 Å². The molecule has 0 aliphatic carbocycles. The van der Waals surface area contributed by atoms with Crippen molar-refractivity contribution in [3.8, 4) is 0 Å². The van der Waals surface area contributed by atoms with Crippen LogP contribution in [0.2, 0.25) is 5.15 Å². The lowest BCUT2D eigenvalue weighted by atomic mass is 10.2. The lowest BCUT2D eigenvalue weighted by Gasteiger charge is -2.06. The van der Waals surface area contributed by atoms with Crippen LogP contribution in [0.4, 0.5) is 11.5 Å². The molecule has 1 aromatic carbocycles. The number of nitro groups is 1. The van der Waals surface area contributed by atoms with Crippen molar-refractivity contribution in [1.29, 1.82) is 0 Å². The van der Waals surface area contributed by atoms with Crippen LogP contribution >= 0.6 is 27.5 Å². The molecular weight excluding hydrogens is 352 g/mol. The van der Waals surface area contributed by atoms with Gasteiger partial charge in [0.15, 0.2) is 0 Å². The Morgan fingerprint density at radius 2 is 2.15 bits per heavy atom. The van der Waals surface area contributed by atoms with Crippen LogP contribution in [0.25, 0.3) is 0 Å². The molecule has 0 unspecified atom stereocenters. The summed E-state index contributed by atoms with van der Waals surface area (Å²) in [4.78, 5) is 29.8.